The quantitative estimate of drug-likeness (QED) is 0.349. The van der Waals surface area contributed by atoms with Gasteiger partial charge in [0.25, 0.3) is 0 Å². The number of benzene rings is 2. The molecule has 40 heavy (non-hydrogen) atoms. The summed E-state index contributed by atoms with van der Waals surface area (Å²) in [5.41, 5.74) is -0.769. The van der Waals surface area contributed by atoms with Gasteiger partial charge in [0.2, 0.25) is 5.91 Å². The summed E-state index contributed by atoms with van der Waals surface area (Å²) in [4.78, 5) is 27.3. The Labute approximate surface area is 237 Å². The number of anilines is 1. The average Bonchev–Trinajstić information content (AvgIpc) is 2.92. The molecule has 1 fully saturated rings. The number of hydrogen-bond acceptors (Lipinski definition) is 7. The van der Waals surface area contributed by atoms with E-state index < -0.39 is 17.4 Å². The molecule has 0 spiro atoms. The number of piperazine rings is 1. The van der Waals surface area contributed by atoms with Crippen LogP contribution in [-0.4, -0.2) is 82.2 Å². The lowest BCUT2D eigenvalue weighted by atomic mass is 10.00. The second kappa shape index (κ2) is 12.3. The number of rotatable bonds is 9. The molecule has 2 atom stereocenters. The van der Waals surface area contributed by atoms with Crippen LogP contribution in [0.4, 0.5) is 14.6 Å². The van der Waals surface area contributed by atoms with E-state index in [2.05, 4.69) is 21.4 Å². The number of halogens is 3. The van der Waals surface area contributed by atoms with Gasteiger partial charge in [0.1, 0.15) is 29.5 Å². The average molecular weight is 574 g/mol. The van der Waals surface area contributed by atoms with Crippen LogP contribution in [-0.2, 0) is 4.79 Å². The van der Waals surface area contributed by atoms with Crippen molar-refractivity contribution in [2.75, 3.05) is 44.2 Å². The monoisotopic (exact) mass is 573 g/mol. The summed E-state index contributed by atoms with van der Waals surface area (Å²) in [5, 5.41) is 10.6. The lowest BCUT2D eigenvalue weighted by Gasteiger charge is -2.45. The van der Waals surface area contributed by atoms with E-state index in [1.165, 1.54) is 24.3 Å². The second-order valence-corrected chi connectivity index (χ2v) is 10.2. The Balaban J connectivity index is 1.87. The molecule has 0 saturated carbocycles. The molecule has 3 aromatic rings. The van der Waals surface area contributed by atoms with Crippen LogP contribution in [0.2, 0.25) is 5.02 Å². The van der Waals surface area contributed by atoms with Crippen LogP contribution in [0.3, 0.4) is 0 Å². The Hall–Kier alpha value is -3.50. The maximum atomic E-state index is 16.3. The number of likely N-dealkylation sites (N-methyl/N-ethyl adjacent to an activating group) is 1. The predicted molar refractivity (Wildman–Crippen MR) is 153 cm³/mol. The van der Waals surface area contributed by atoms with E-state index in [0.29, 0.717) is 30.8 Å². The zero-order valence-electron chi connectivity index (χ0n) is 23.1. The van der Waals surface area contributed by atoms with Crippen molar-refractivity contribution < 1.29 is 23.4 Å². The third-order valence-electron chi connectivity index (χ3n) is 7.27. The standard InChI is InChI=1S/C29H34ClF2N5O3/c1-6-23(39)36-15-17(4)37(18(5)16-36)28-19-14-20(30)24(25-21(31)10-9-11-22(25)38)26(32)27(19)33-29(34-28)40-13-12-35(7-2)8-3/h6,9-11,14,17-18,38H,1,7-8,12-13,15-16H2,2-5H3/t17-,18+. The number of aromatic hydroxyl groups is 1. The van der Waals surface area contributed by atoms with E-state index in [-0.39, 0.29) is 52.3 Å². The van der Waals surface area contributed by atoms with Gasteiger partial charge in [-0.25, -0.2) is 8.78 Å². The van der Waals surface area contributed by atoms with Gasteiger partial charge in [-0.1, -0.05) is 38.1 Å². The van der Waals surface area contributed by atoms with Gasteiger partial charge in [-0.2, -0.15) is 9.97 Å². The summed E-state index contributed by atoms with van der Waals surface area (Å²) in [6.45, 7) is 14.9. The number of ether oxygens (including phenoxy) is 1. The zero-order valence-corrected chi connectivity index (χ0v) is 23.9. The molecule has 0 radical (unpaired) electrons. The van der Waals surface area contributed by atoms with E-state index in [4.69, 9.17) is 16.3 Å². The lowest BCUT2D eigenvalue weighted by molar-refractivity contribution is -0.127. The Morgan fingerprint density at radius 2 is 1.88 bits per heavy atom. The van der Waals surface area contributed by atoms with Gasteiger partial charge in [-0.3, -0.25) is 4.79 Å². The smallest absolute Gasteiger partial charge is 0.319 e. The molecule has 0 aliphatic carbocycles. The fraction of sp³-hybridized carbons (Fsp3) is 0.414. The maximum absolute atomic E-state index is 16.3. The first-order valence-corrected chi connectivity index (χ1v) is 13.7. The van der Waals surface area contributed by atoms with Crippen molar-refractivity contribution in [2.24, 2.45) is 0 Å². The topological polar surface area (TPSA) is 82.0 Å². The second-order valence-electron chi connectivity index (χ2n) is 9.84. The summed E-state index contributed by atoms with van der Waals surface area (Å²) >= 11 is 6.55. The fourth-order valence-electron chi connectivity index (χ4n) is 5.27. The summed E-state index contributed by atoms with van der Waals surface area (Å²) in [6.07, 6.45) is 1.28. The van der Waals surface area contributed by atoms with E-state index in [1.807, 2.05) is 32.6 Å². The van der Waals surface area contributed by atoms with Crippen molar-refractivity contribution in [3.8, 4) is 22.9 Å². The van der Waals surface area contributed by atoms with E-state index in [0.717, 1.165) is 19.2 Å². The highest BCUT2D eigenvalue weighted by Crippen LogP contribution is 2.43. The van der Waals surface area contributed by atoms with Crippen LogP contribution < -0.4 is 9.64 Å². The number of amides is 1. The Morgan fingerprint density at radius 3 is 2.48 bits per heavy atom. The lowest BCUT2D eigenvalue weighted by Crippen LogP contribution is -2.58. The molecule has 11 heteroatoms. The van der Waals surface area contributed by atoms with Crippen molar-refractivity contribution in [2.45, 2.75) is 39.8 Å². The van der Waals surface area contributed by atoms with Gasteiger partial charge in [-0.15, -0.1) is 0 Å². The van der Waals surface area contributed by atoms with Gasteiger partial charge in [-0.05, 0) is 51.2 Å². The minimum atomic E-state index is -0.902. The third kappa shape index (κ3) is 5.69. The summed E-state index contributed by atoms with van der Waals surface area (Å²) in [6, 6.07) is 4.75. The van der Waals surface area contributed by atoms with Gasteiger partial charge < -0.3 is 24.5 Å². The van der Waals surface area contributed by atoms with Gasteiger partial charge >= 0.3 is 6.01 Å². The molecule has 1 saturated heterocycles. The number of hydrogen-bond donors (Lipinski definition) is 1. The number of carbonyl (C=O) groups is 1. The molecule has 1 aliphatic rings. The van der Waals surface area contributed by atoms with Crippen molar-refractivity contribution in [3.05, 3.63) is 53.6 Å². The van der Waals surface area contributed by atoms with Crippen LogP contribution >= 0.6 is 11.6 Å². The molecular weight excluding hydrogens is 540 g/mol. The highest BCUT2D eigenvalue weighted by Gasteiger charge is 2.34. The molecule has 1 amide bonds. The summed E-state index contributed by atoms with van der Waals surface area (Å²) in [7, 11) is 0. The van der Waals surface area contributed by atoms with Gasteiger partial charge in [0.05, 0.1) is 10.6 Å². The number of carbonyl (C=O) groups excluding carboxylic acids is 1. The van der Waals surface area contributed by atoms with Gasteiger partial charge in [0.15, 0.2) is 5.82 Å². The van der Waals surface area contributed by atoms with Crippen LogP contribution in [0.1, 0.15) is 27.7 Å². The van der Waals surface area contributed by atoms with Crippen molar-refractivity contribution in [1.29, 1.82) is 0 Å². The first kappa shape index (κ1) is 29.5. The minimum Gasteiger partial charge on any atom is -0.507 e. The Bertz CT molecular complexity index is 1390. The van der Waals surface area contributed by atoms with Crippen LogP contribution in [0.15, 0.2) is 36.9 Å². The number of nitrogens with zero attached hydrogens (tertiary/aromatic N) is 5. The first-order valence-electron chi connectivity index (χ1n) is 13.3. The molecule has 1 aliphatic heterocycles. The molecule has 8 nitrogen and oxygen atoms in total. The fourth-order valence-corrected chi connectivity index (χ4v) is 5.55. The van der Waals surface area contributed by atoms with E-state index in [9.17, 15) is 14.3 Å². The number of phenolic OH excluding ortho intramolecular Hbond substituents is 1. The third-order valence-corrected chi connectivity index (χ3v) is 7.56. The molecule has 1 aromatic heterocycles. The number of aromatic nitrogens is 2. The molecular formula is C29H34ClF2N5O3. The molecule has 2 aromatic carbocycles. The molecule has 214 valence electrons. The number of fused-ring (bicyclic) bond motifs is 1. The van der Waals surface area contributed by atoms with Gasteiger partial charge in [0, 0.05) is 42.7 Å². The van der Waals surface area contributed by atoms with Crippen molar-refractivity contribution in [3.63, 3.8) is 0 Å². The highest BCUT2D eigenvalue weighted by atomic mass is 35.5. The Morgan fingerprint density at radius 1 is 1.20 bits per heavy atom. The first-order chi connectivity index (χ1) is 19.1. The Kier molecular flexibility index (Phi) is 9.10. The van der Waals surface area contributed by atoms with Crippen molar-refractivity contribution >= 4 is 34.2 Å². The highest BCUT2D eigenvalue weighted by molar-refractivity contribution is 6.34. The minimum absolute atomic E-state index is 0.0384. The largest absolute Gasteiger partial charge is 0.507 e. The zero-order chi connectivity index (χ0) is 29.1. The summed E-state index contributed by atoms with van der Waals surface area (Å²) in [5.74, 6) is -1.96. The number of phenols is 1. The van der Waals surface area contributed by atoms with Crippen LogP contribution in [0.5, 0.6) is 11.8 Å². The van der Waals surface area contributed by atoms with Crippen molar-refractivity contribution in [1.82, 2.24) is 19.8 Å². The van der Waals surface area contributed by atoms with Crippen LogP contribution in [0.25, 0.3) is 22.0 Å². The summed E-state index contributed by atoms with van der Waals surface area (Å²) < 4.78 is 37.0. The van der Waals surface area contributed by atoms with E-state index >= 15 is 4.39 Å². The molecule has 1 N–H and O–H groups in total. The molecule has 4 rings (SSSR count). The van der Waals surface area contributed by atoms with E-state index in [1.54, 1.807) is 4.90 Å². The maximum Gasteiger partial charge on any atom is 0.319 e. The predicted octanol–water partition coefficient (Wildman–Crippen LogP) is 5.27. The van der Waals surface area contributed by atoms with Crippen LogP contribution in [0, 0.1) is 11.6 Å². The SMILES string of the molecule is C=CC(=O)N1C[C@@H](C)N(c2nc(OCCN(CC)CC)nc3c(F)c(-c4c(O)cccc4F)c(Cl)cc23)[C@@H](C)C1. The molecule has 2 heterocycles. The molecule has 0 bridgehead atoms. The normalized spacial score (nSPS) is 17.5. The molecule has 0 unspecified atom stereocenters.